The highest BCUT2D eigenvalue weighted by atomic mass is 16.1. The van der Waals surface area contributed by atoms with Crippen LogP contribution in [0.1, 0.15) is 21.5 Å². The summed E-state index contributed by atoms with van der Waals surface area (Å²) in [6, 6.07) is 8.91. The van der Waals surface area contributed by atoms with Gasteiger partial charge in [-0.25, -0.2) is 4.98 Å². The van der Waals surface area contributed by atoms with E-state index in [1.54, 1.807) is 24.4 Å². The summed E-state index contributed by atoms with van der Waals surface area (Å²) in [6.07, 6.45) is 1.67. The number of aryl methyl sites for hydroxylation is 2. The van der Waals surface area contributed by atoms with E-state index in [0.29, 0.717) is 17.1 Å². The lowest BCUT2D eigenvalue weighted by Gasteiger charge is -2.08. The summed E-state index contributed by atoms with van der Waals surface area (Å²) in [5.41, 5.74) is 8.81. The highest BCUT2D eigenvalue weighted by molar-refractivity contribution is 6.05. The third kappa shape index (κ3) is 2.66. The number of carbonyl (C=O) groups excluding carboxylic acids is 1. The molecule has 0 radical (unpaired) electrons. The smallest absolute Gasteiger partial charge is 0.257 e. The van der Waals surface area contributed by atoms with Crippen molar-refractivity contribution in [1.29, 1.82) is 0 Å². The molecule has 18 heavy (non-hydrogen) atoms. The average Bonchev–Trinajstić information content (AvgIpc) is 2.28. The topological polar surface area (TPSA) is 68.0 Å². The Morgan fingerprint density at radius 1 is 1.22 bits per heavy atom. The van der Waals surface area contributed by atoms with Crippen LogP contribution in [0.25, 0.3) is 0 Å². The van der Waals surface area contributed by atoms with Crippen molar-refractivity contribution in [2.75, 3.05) is 11.1 Å². The Balaban J connectivity index is 2.22. The molecule has 0 bridgehead atoms. The van der Waals surface area contributed by atoms with Crippen LogP contribution in [0.15, 0.2) is 36.5 Å². The molecular formula is C14H15N3O. The van der Waals surface area contributed by atoms with Crippen molar-refractivity contribution in [2.45, 2.75) is 13.8 Å². The number of amides is 1. The quantitative estimate of drug-likeness (QED) is 0.794. The molecule has 2 rings (SSSR count). The molecule has 2 aromatic rings. The number of nitrogens with zero attached hydrogens (tertiary/aromatic N) is 1. The second kappa shape index (κ2) is 4.87. The van der Waals surface area contributed by atoms with Gasteiger partial charge in [0, 0.05) is 17.4 Å². The lowest BCUT2D eigenvalue weighted by atomic mass is 10.1. The van der Waals surface area contributed by atoms with Gasteiger partial charge in [0.05, 0.1) is 0 Å². The molecule has 1 aromatic carbocycles. The van der Waals surface area contributed by atoms with Crippen molar-refractivity contribution < 1.29 is 4.79 Å². The summed E-state index contributed by atoms with van der Waals surface area (Å²) >= 11 is 0. The van der Waals surface area contributed by atoms with Gasteiger partial charge in [0.2, 0.25) is 0 Å². The van der Waals surface area contributed by atoms with Crippen molar-refractivity contribution >= 4 is 17.4 Å². The van der Waals surface area contributed by atoms with Gasteiger partial charge in [-0.2, -0.15) is 0 Å². The van der Waals surface area contributed by atoms with Crippen molar-refractivity contribution in [1.82, 2.24) is 4.98 Å². The Morgan fingerprint density at radius 3 is 2.67 bits per heavy atom. The normalized spacial score (nSPS) is 10.1. The molecule has 92 valence electrons. The van der Waals surface area contributed by atoms with Gasteiger partial charge >= 0.3 is 0 Å². The van der Waals surface area contributed by atoms with E-state index in [0.717, 1.165) is 11.1 Å². The maximum atomic E-state index is 12.1. The first-order chi connectivity index (χ1) is 8.56. The van der Waals surface area contributed by atoms with E-state index >= 15 is 0 Å². The van der Waals surface area contributed by atoms with Gasteiger partial charge in [0.25, 0.3) is 5.91 Å². The van der Waals surface area contributed by atoms with Gasteiger partial charge in [0.1, 0.15) is 5.82 Å². The fourth-order valence-corrected chi connectivity index (χ4v) is 1.73. The molecule has 0 aliphatic carbocycles. The van der Waals surface area contributed by atoms with Crippen LogP contribution in [-0.2, 0) is 0 Å². The number of carbonyl (C=O) groups is 1. The third-order valence-corrected chi connectivity index (χ3v) is 2.65. The first kappa shape index (κ1) is 12.1. The molecule has 1 aromatic heterocycles. The second-order valence-corrected chi connectivity index (χ2v) is 4.25. The minimum atomic E-state index is -0.175. The maximum Gasteiger partial charge on any atom is 0.257 e. The van der Waals surface area contributed by atoms with Gasteiger partial charge in [-0.3, -0.25) is 4.79 Å². The van der Waals surface area contributed by atoms with Crippen LogP contribution >= 0.6 is 0 Å². The Morgan fingerprint density at radius 2 is 2.00 bits per heavy atom. The number of pyridine rings is 1. The molecule has 0 saturated heterocycles. The predicted molar refractivity (Wildman–Crippen MR) is 72.5 cm³/mol. The molecule has 4 nitrogen and oxygen atoms in total. The summed E-state index contributed by atoms with van der Waals surface area (Å²) < 4.78 is 0. The van der Waals surface area contributed by atoms with E-state index in [4.69, 9.17) is 5.73 Å². The second-order valence-electron chi connectivity index (χ2n) is 4.25. The van der Waals surface area contributed by atoms with Crippen molar-refractivity contribution in [2.24, 2.45) is 0 Å². The van der Waals surface area contributed by atoms with Crippen LogP contribution in [-0.4, -0.2) is 10.9 Å². The SMILES string of the molecule is Cc1ccnc(NC(=O)c2ccc(N)cc2C)c1. The molecule has 0 saturated carbocycles. The number of benzene rings is 1. The fourth-order valence-electron chi connectivity index (χ4n) is 1.73. The van der Waals surface area contributed by atoms with Gasteiger partial charge in [-0.1, -0.05) is 0 Å². The minimum Gasteiger partial charge on any atom is -0.399 e. The van der Waals surface area contributed by atoms with Crippen LogP contribution in [0.2, 0.25) is 0 Å². The van der Waals surface area contributed by atoms with E-state index < -0.39 is 0 Å². The fraction of sp³-hybridized carbons (Fsp3) is 0.143. The number of aromatic nitrogens is 1. The number of hydrogen-bond donors (Lipinski definition) is 2. The lowest BCUT2D eigenvalue weighted by molar-refractivity contribution is 0.102. The summed E-state index contributed by atoms with van der Waals surface area (Å²) in [5, 5.41) is 2.77. The maximum absolute atomic E-state index is 12.1. The van der Waals surface area contributed by atoms with Gasteiger partial charge < -0.3 is 11.1 Å². The molecule has 0 aliphatic rings. The van der Waals surface area contributed by atoms with E-state index in [-0.39, 0.29) is 5.91 Å². The van der Waals surface area contributed by atoms with E-state index in [1.807, 2.05) is 26.0 Å². The molecule has 0 spiro atoms. The molecule has 0 atom stereocenters. The summed E-state index contributed by atoms with van der Waals surface area (Å²) in [4.78, 5) is 16.2. The van der Waals surface area contributed by atoms with Crippen LogP contribution in [0, 0.1) is 13.8 Å². The number of nitrogens with two attached hydrogens (primary N) is 1. The molecule has 1 amide bonds. The van der Waals surface area contributed by atoms with Gasteiger partial charge in [-0.15, -0.1) is 0 Å². The minimum absolute atomic E-state index is 0.175. The molecule has 1 heterocycles. The molecule has 0 unspecified atom stereocenters. The van der Waals surface area contributed by atoms with Crippen LogP contribution < -0.4 is 11.1 Å². The number of nitrogen functional groups attached to an aromatic ring is 1. The zero-order valence-corrected chi connectivity index (χ0v) is 10.4. The molecule has 3 N–H and O–H groups in total. The molecule has 0 fully saturated rings. The average molecular weight is 241 g/mol. The van der Waals surface area contributed by atoms with Crippen LogP contribution in [0.3, 0.4) is 0 Å². The first-order valence-corrected chi connectivity index (χ1v) is 5.66. The predicted octanol–water partition coefficient (Wildman–Crippen LogP) is 2.53. The first-order valence-electron chi connectivity index (χ1n) is 5.66. The van der Waals surface area contributed by atoms with Crippen molar-refractivity contribution in [3.05, 3.63) is 53.2 Å². The highest BCUT2D eigenvalue weighted by Crippen LogP contribution is 2.14. The van der Waals surface area contributed by atoms with E-state index in [1.165, 1.54) is 0 Å². The standard InChI is InChI=1S/C14H15N3O/c1-9-5-6-16-13(7-9)17-14(18)12-4-3-11(15)8-10(12)2/h3-8H,15H2,1-2H3,(H,16,17,18). The van der Waals surface area contributed by atoms with Crippen LogP contribution in [0.5, 0.6) is 0 Å². The van der Waals surface area contributed by atoms with Crippen LogP contribution in [0.4, 0.5) is 11.5 Å². The number of rotatable bonds is 2. The highest BCUT2D eigenvalue weighted by Gasteiger charge is 2.09. The van der Waals surface area contributed by atoms with E-state index in [9.17, 15) is 4.79 Å². The largest absolute Gasteiger partial charge is 0.399 e. The monoisotopic (exact) mass is 241 g/mol. The lowest BCUT2D eigenvalue weighted by Crippen LogP contribution is -2.14. The number of nitrogens with one attached hydrogen (secondary N) is 1. The number of hydrogen-bond acceptors (Lipinski definition) is 3. The third-order valence-electron chi connectivity index (χ3n) is 2.65. The Kier molecular flexibility index (Phi) is 3.28. The van der Waals surface area contributed by atoms with Crippen molar-refractivity contribution in [3.63, 3.8) is 0 Å². The van der Waals surface area contributed by atoms with Crippen molar-refractivity contribution in [3.8, 4) is 0 Å². The Bertz CT molecular complexity index is 593. The molecule has 4 heteroatoms. The Labute approximate surface area is 106 Å². The number of anilines is 2. The van der Waals surface area contributed by atoms with Gasteiger partial charge in [0.15, 0.2) is 0 Å². The molecule has 0 aliphatic heterocycles. The van der Waals surface area contributed by atoms with E-state index in [2.05, 4.69) is 10.3 Å². The zero-order chi connectivity index (χ0) is 13.1. The van der Waals surface area contributed by atoms with Gasteiger partial charge in [-0.05, 0) is 55.3 Å². The zero-order valence-electron chi connectivity index (χ0n) is 10.4. The summed E-state index contributed by atoms with van der Waals surface area (Å²) in [6.45, 7) is 3.81. The summed E-state index contributed by atoms with van der Waals surface area (Å²) in [5.74, 6) is 0.377. The Hall–Kier alpha value is -2.36. The summed E-state index contributed by atoms with van der Waals surface area (Å²) in [7, 11) is 0. The molecular weight excluding hydrogens is 226 g/mol.